The lowest BCUT2D eigenvalue weighted by Crippen LogP contribution is -2.27. The zero-order chi connectivity index (χ0) is 11.7. The van der Waals surface area contributed by atoms with Crippen LogP contribution in [0.1, 0.15) is 11.7 Å². The monoisotopic (exact) mass is 258 g/mol. The number of aromatic nitrogens is 1. The SMILES string of the molecule is NCC(O)C(O)c1ccc2nc(Cl)sc2c1. The molecule has 0 amide bonds. The Morgan fingerprint density at radius 3 is 2.88 bits per heavy atom. The van der Waals surface area contributed by atoms with Gasteiger partial charge in [0.1, 0.15) is 6.10 Å². The molecule has 0 saturated heterocycles. The largest absolute Gasteiger partial charge is 0.389 e. The van der Waals surface area contributed by atoms with Gasteiger partial charge in [0, 0.05) is 6.54 Å². The smallest absolute Gasteiger partial charge is 0.184 e. The third kappa shape index (κ3) is 2.18. The summed E-state index contributed by atoms with van der Waals surface area (Å²) in [6.45, 7) is 0.0165. The lowest BCUT2D eigenvalue weighted by atomic mass is 10.0. The van der Waals surface area contributed by atoms with E-state index in [1.807, 2.05) is 0 Å². The topological polar surface area (TPSA) is 79.4 Å². The number of nitrogens with two attached hydrogens (primary N) is 1. The highest BCUT2D eigenvalue weighted by molar-refractivity contribution is 7.22. The van der Waals surface area contributed by atoms with E-state index in [1.54, 1.807) is 18.2 Å². The van der Waals surface area contributed by atoms with E-state index < -0.39 is 12.2 Å². The molecule has 1 heterocycles. The van der Waals surface area contributed by atoms with E-state index >= 15 is 0 Å². The van der Waals surface area contributed by atoms with Crippen LogP contribution in [0, 0.1) is 0 Å². The normalized spacial score (nSPS) is 15.2. The number of aliphatic hydroxyl groups excluding tert-OH is 2. The number of halogens is 1. The molecule has 2 aromatic rings. The fourth-order valence-corrected chi connectivity index (χ4v) is 2.53. The van der Waals surface area contributed by atoms with E-state index in [0.29, 0.717) is 10.0 Å². The molecule has 6 heteroatoms. The van der Waals surface area contributed by atoms with Crippen LogP contribution in [0.2, 0.25) is 4.47 Å². The summed E-state index contributed by atoms with van der Waals surface area (Å²) in [4.78, 5) is 4.09. The van der Waals surface area contributed by atoms with Gasteiger partial charge in [0.25, 0.3) is 0 Å². The highest BCUT2D eigenvalue weighted by atomic mass is 35.5. The minimum atomic E-state index is -0.977. The quantitative estimate of drug-likeness (QED) is 0.775. The van der Waals surface area contributed by atoms with E-state index in [1.165, 1.54) is 11.3 Å². The molecule has 1 aromatic heterocycles. The Labute approximate surface area is 101 Å². The molecular formula is C10H11ClN2O2S. The number of thiazole rings is 1. The first-order valence-corrected chi connectivity index (χ1v) is 5.93. The fourth-order valence-electron chi connectivity index (χ4n) is 1.45. The van der Waals surface area contributed by atoms with Crippen LogP contribution in [0.4, 0.5) is 0 Å². The van der Waals surface area contributed by atoms with Gasteiger partial charge in [-0.2, -0.15) is 0 Å². The van der Waals surface area contributed by atoms with E-state index in [9.17, 15) is 10.2 Å². The van der Waals surface area contributed by atoms with Crippen molar-refractivity contribution in [1.82, 2.24) is 4.98 Å². The maximum absolute atomic E-state index is 9.78. The van der Waals surface area contributed by atoms with Gasteiger partial charge in [-0.3, -0.25) is 0 Å². The second-order valence-electron chi connectivity index (χ2n) is 3.44. The molecule has 0 aliphatic rings. The Kier molecular flexibility index (Phi) is 3.41. The van der Waals surface area contributed by atoms with Crippen LogP contribution >= 0.6 is 22.9 Å². The number of fused-ring (bicyclic) bond motifs is 1. The van der Waals surface area contributed by atoms with Gasteiger partial charge in [0.15, 0.2) is 4.47 Å². The van der Waals surface area contributed by atoms with E-state index in [-0.39, 0.29) is 6.54 Å². The maximum Gasteiger partial charge on any atom is 0.184 e. The standard InChI is InChI=1S/C10H11ClN2O2S/c11-10-13-6-2-1-5(3-8(6)16-10)9(15)7(14)4-12/h1-3,7,9,14-15H,4,12H2. The fraction of sp³-hybridized carbons (Fsp3) is 0.300. The Morgan fingerprint density at radius 1 is 1.44 bits per heavy atom. The molecule has 0 fully saturated rings. The van der Waals surface area contributed by atoms with Crippen LogP contribution in [0.5, 0.6) is 0 Å². The first-order chi connectivity index (χ1) is 7.61. The molecule has 0 radical (unpaired) electrons. The summed E-state index contributed by atoms with van der Waals surface area (Å²) in [5.74, 6) is 0. The lowest BCUT2D eigenvalue weighted by molar-refractivity contribution is 0.0244. The van der Waals surface area contributed by atoms with Gasteiger partial charge < -0.3 is 15.9 Å². The van der Waals surface area contributed by atoms with Crippen molar-refractivity contribution in [3.63, 3.8) is 0 Å². The molecule has 2 unspecified atom stereocenters. The first kappa shape index (κ1) is 11.8. The van der Waals surface area contributed by atoms with Crippen LogP contribution in [-0.4, -0.2) is 27.8 Å². The first-order valence-electron chi connectivity index (χ1n) is 4.74. The van der Waals surface area contributed by atoms with Crippen molar-refractivity contribution in [1.29, 1.82) is 0 Å². The average molecular weight is 259 g/mol. The molecule has 2 rings (SSSR count). The van der Waals surface area contributed by atoms with E-state index in [2.05, 4.69) is 4.98 Å². The number of hydrogen-bond acceptors (Lipinski definition) is 5. The predicted molar refractivity (Wildman–Crippen MR) is 64.7 cm³/mol. The zero-order valence-electron chi connectivity index (χ0n) is 8.30. The van der Waals surface area contributed by atoms with Crippen molar-refractivity contribution in [3.8, 4) is 0 Å². The lowest BCUT2D eigenvalue weighted by Gasteiger charge is -2.16. The van der Waals surface area contributed by atoms with Gasteiger partial charge in [-0.25, -0.2) is 4.98 Å². The van der Waals surface area contributed by atoms with Crippen molar-refractivity contribution >= 4 is 33.2 Å². The molecule has 0 bridgehead atoms. The highest BCUT2D eigenvalue weighted by Crippen LogP contribution is 2.28. The number of hydrogen-bond donors (Lipinski definition) is 3. The van der Waals surface area contributed by atoms with Crippen LogP contribution in [0.25, 0.3) is 10.2 Å². The van der Waals surface area contributed by atoms with Gasteiger partial charge in [0.2, 0.25) is 0 Å². The molecule has 16 heavy (non-hydrogen) atoms. The molecule has 1 aromatic carbocycles. The van der Waals surface area contributed by atoms with Gasteiger partial charge in [0.05, 0.1) is 16.3 Å². The summed E-state index contributed by atoms with van der Waals surface area (Å²) in [7, 11) is 0. The molecule has 2 atom stereocenters. The van der Waals surface area contributed by atoms with Gasteiger partial charge in [-0.05, 0) is 17.7 Å². The Hall–Kier alpha value is -0.720. The van der Waals surface area contributed by atoms with Gasteiger partial charge in [-0.15, -0.1) is 11.3 Å². The van der Waals surface area contributed by atoms with E-state index in [4.69, 9.17) is 17.3 Å². The number of benzene rings is 1. The van der Waals surface area contributed by atoms with Crippen molar-refractivity contribution in [2.75, 3.05) is 6.54 Å². The van der Waals surface area contributed by atoms with Gasteiger partial charge >= 0.3 is 0 Å². The number of rotatable bonds is 3. The second kappa shape index (κ2) is 4.65. The minimum Gasteiger partial charge on any atom is -0.389 e. The van der Waals surface area contributed by atoms with Crippen molar-refractivity contribution in [2.45, 2.75) is 12.2 Å². The Morgan fingerprint density at radius 2 is 2.19 bits per heavy atom. The van der Waals surface area contributed by atoms with Crippen molar-refractivity contribution in [3.05, 3.63) is 28.2 Å². The number of nitrogens with zero attached hydrogens (tertiary/aromatic N) is 1. The van der Waals surface area contributed by atoms with Crippen molar-refractivity contribution < 1.29 is 10.2 Å². The van der Waals surface area contributed by atoms with Gasteiger partial charge in [-0.1, -0.05) is 17.7 Å². The minimum absolute atomic E-state index is 0.0165. The molecule has 0 aliphatic heterocycles. The third-order valence-corrected chi connectivity index (χ3v) is 3.46. The molecule has 4 N–H and O–H groups in total. The molecule has 0 aliphatic carbocycles. The summed E-state index contributed by atoms with van der Waals surface area (Å²) in [6, 6.07) is 5.24. The molecule has 0 spiro atoms. The summed E-state index contributed by atoms with van der Waals surface area (Å²) in [5.41, 5.74) is 6.69. The van der Waals surface area contributed by atoms with Crippen LogP contribution in [-0.2, 0) is 0 Å². The number of aliphatic hydroxyl groups is 2. The summed E-state index contributed by atoms with van der Waals surface area (Å²) < 4.78 is 1.34. The Balaban J connectivity index is 2.38. The molecule has 4 nitrogen and oxygen atoms in total. The average Bonchev–Trinajstić information content (AvgIpc) is 2.65. The third-order valence-electron chi connectivity index (χ3n) is 2.33. The maximum atomic E-state index is 9.78. The molecule has 0 saturated carbocycles. The highest BCUT2D eigenvalue weighted by Gasteiger charge is 2.17. The van der Waals surface area contributed by atoms with Crippen LogP contribution in [0.15, 0.2) is 18.2 Å². The van der Waals surface area contributed by atoms with E-state index in [0.717, 1.165) is 10.2 Å². The Bertz CT molecular complexity index is 503. The summed E-state index contributed by atoms with van der Waals surface area (Å²) in [6.07, 6.45) is -1.93. The zero-order valence-corrected chi connectivity index (χ0v) is 9.87. The summed E-state index contributed by atoms with van der Waals surface area (Å²) in [5, 5.41) is 19.2. The van der Waals surface area contributed by atoms with Crippen LogP contribution < -0.4 is 5.73 Å². The van der Waals surface area contributed by atoms with Crippen LogP contribution in [0.3, 0.4) is 0 Å². The van der Waals surface area contributed by atoms with Crippen molar-refractivity contribution in [2.24, 2.45) is 5.73 Å². The molecule has 86 valence electrons. The summed E-state index contributed by atoms with van der Waals surface area (Å²) >= 11 is 7.11. The predicted octanol–water partition coefficient (Wildman–Crippen LogP) is 1.30. The molecular weight excluding hydrogens is 248 g/mol. The second-order valence-corrected chi connectivity index (χ2v) is 5.05.